The second-order valence-corrected chi connectivity index (χ2v) is 11.3. The van der Waals surface area contributed by atoms with Crippen LogP contribution in [-0.2, 0) is 5.41 Å². The third-order valence-electron chi connectivity index (χ3n) is 8.45. The van der Waals surface area contributed by atoms with Crippen molar-refractivity contribution < 1.29 is 22.4 Å². The fourth-order valence-electron chi connectivity index (χ4n) is 5.55. The number of benzene rings is 1. The molecule has 2 saturated heterocycles. The minimum Gasteiger partial charge on any atom is -0.487 e. The number of halogens is 3. The van der Waals surface area contributed by atoms with Gasteiger partial charge in [-0.1, -0.05) is 12.1 Å². The van der Waals surface area contributed by atoms with Crippen molar-refractivity contribution in [2.45, 2.75) is 63.0 Å². The second kappa shape index (κ2) is 9.96. The SMILES string of the molecule is C[C@H](Oc1cnc(N2C[C@H](c3cc(F)c(F)cc3F)[C@@H](N)C2)nc1)C1CCN(c2nc(C3(C)CC3)no2)CC1. The van der Waals surface area contributed by atoms with E-state index < -0.39 is 29.4 Å². The van der Waals surface area contributed by atoms with Crippen LogP contribution in [0.3, 0.4) is 0 Å². The fourth-order valence-corrected chi connectivity index (χ4v) is 5.55. The molecule has 0 unspecified atom stereocenters. The molecular weight excluding hydrogens is 511 g/mol. The predicted molar refractivity (Wildman–Crippen MR) is 137 cm³/mol. The van der Waals surface area contributed by atoms with Crippen LogP contribution in [0.4, 0.5) is 25.1 Å². The summed E-state index contributed by atoms with van der Waals surface area (Å²) < 4.78 is 53.1. The maximum absolute atomic E-state index is 14.3. The Morgan fingerprint density at radius 3 is 2.41 bits per heavy atom. The molecule has 3 atom stereocenters. The van der Waals surface area contributed by atoms with Gasteiger partial charge in [-0.3, -0.25) is 0 Å². The van der Waals surface area contributed by atoms with Gasteiger partial charge in [0.05, 0.1) is 18.5 Å². The Labute approximate surface area is 224 Å². The number of hydrogen-bond acceptors (Lipinski definition) is 9. The van der Waals surface area contributed by atoms with Gasteiger partial charge in [0.2, 0.25) is 5.95 Å². The zero-order valence-corrected chi connectivity index (χ0v) is 22.0. The molecule has 1 aromatic carbocycles. The summed E-state index contributed by atoms with van der Waals surface area (Å²) in [6.07, 6.45) is 7.28. The van der Waals surface area contributed by atoms with Gasteiger partial charge < -0.3 is 24.8 Å². The quantitative estimate of drug-likeness (QED) is 0.444. The lowest BCUT2D eigenvalue weighted by atomic mass is 9.92. The van der Waals surface area contributed by atoms with Gasteiger partial charge >= 0.3 is 6.01 Å². The first-order valence-electron chi connectivity index (χ1n) is 13.4. The van der Waals surface area contributed by atoms with Crippen LogP contribution in [0.15, 0.2) is 29.0 Å². The van der Waals surface area contributed by atoms with Gasteiger partial charge in [0.1, 0.15) is 5.82 Å². The average Bonchev–Trinajstić information content (AvgIpc) is 3.31. The molecule has 0 amide bonds. The van der Waals surface area contributed by atoms with Crippen molar-refractivity contribution in [1.82, 2.24) is 20.1 Å². The van der Waals surface area contributed by atoms with Crippen LogP contribution >= 0.6 is 0 Å². The maximum atomic E-state index is 14.3. The molecule has 4 heterocycles. The Kier molecular flexibility index (Phi) is 6.60. The molecule has 3 aromatic rings. The van der Waals surface area contributed by atoms with Gasteiger partial charge in [0, 0.05) is 49.6 Å². The summed E-state index contributed by atoms with van der Waals surface area (Å²) in [4.78, 5) is 17.4. The first kappa shape index (κ1) is 25.8. The zero-order chi connectivity index (χ0) is 27.3. The smallest absolute Gasteiger partial charge is 0.324 e. The second-order valence-electron chi connectivity index (χ2n) is 11.3. The lowest BCUT2D eigenvalue weighted by molar-refractivity contribution is 0.131. The lowest BCUT2D eigenvalue weighted by Gasteiger charge is -2.33. The van der Waals surface area contributed by atoms with Gasteiger partial charge in [-0.2, -0.15) is 4.98 Å². The molecule has 208 valence electrons. The van der Waals surface area contributed by atoms with Crippen molar-refractivity contribution in [2.24, 2.45) is 11.7 Å². The molecule has 39 heavy (non-hydrogen) atoms. The van der Waals surface area contributed by atoms with E-state index in [0.29, 0.717) is 42.8 Å². The normalized spacial score (nSPS) is 23.7. The highest BCUT2D eigenvalue weighted by molar-refractivity contribution is 5.39. The van der Waals surface area contributed by atoms with Crippen LogP contribution in [0.25, 0.3) is 0 Å². The van der Waals surface area contributed by atoms with Crippen molar-refractivity contribution in [3.8, 4) is 5.75 Å². The zero-order valence-electron chi connectivity index (χ0n) is 22.0. The molecular formula is C27H32F3N7O2. The highest BCUT2D eigenvalue weighted by Crippen LogP contribution is 2.46. The van der Waals surface area contributed by atoms with Gasteiger partial charge in [0.15, 0.2) is 23.2 Å². The number of rotatable bonds is 7. The van der Waals surface area contributed by atoms with Crippen molar-refractivity contribution in [3.63, 3.8) is 0 Å². The fraction of sp³-hybridized carbons (Fsp3) is 0.556. The number of nitrogens with zero attached hydrogens (tertiary/aromatic N) is 6. The molecule has 1 aliphatic carbocycles. The third-order valence-corrected chi connectivity index (χ3v) is 8.45. The number of anilines is 2. The number of nitrogens with two attached hydrogens (primary N) is 1. The highest BCUT2D eigenvalue weighted by atomic mass is 19.2. The molecule has 2 N–H and O–H groups in total. The van der Waals surface area contributed by atoms with Gasteiger partial charge in [-0.25, -0.2) is 23.1 Å². The largest absolute Gasteiger partial charge is 0.487 e. The van der Waals surface area contributed by atoms with Gasteiger partial charge in [-0.15, -0.1) is 0 Å². The predicted octanol–water partition coefficient (Wildman–Crippen LogP) is 3.94. The van der Waals surface area contributed by atoms with E-state index in [2.05, 4.69) is 31.9 Å². The molecule has 0 bridgehead atoms. The van der Waals surface area contributed by atoms with Crippen LogP contribution in [0.5, 0.6) is 5.75 Å². The summed E-state index contributed by atoms with van der Waals surface area (Å²) in [6, 6.07) is 1.57. The minimum atomic E-state index is -1.22. The summed E-state index contributed by atoms with van der Waals surface area (Å²) in [5, 5.41) is 4.18. The van der Waals surface area contributed by atoms with Crippen LogP contribution in [-0.4, -0.2) is 58.4 Å². The summed E-state index contributed by atoms with van der Waals surface area (Å²) in [7, 11) is 0. The molecule has 1 saturated carbocycles. The Hall–Kier alpha value is -3.41. The van der Waals surface area contributed by atoms with E-state index in [9.17, 15) is 13.2 Å². The molecule has 0 spiro atoms. The number of hydrogen-bond donors (Lipinski definition) is 1. The van der Waals surface area contributed by atoms with Crippen LogP contribution in [0.1, 0.15) is 56.8 Å². The molecule has 3 fully saturated rings. The topological polar surface area (TPSA) is 106 Å². The number of aromatic nitrogens is 4. The number of piperidine rings is 1. The van der Waals surface area contributed by atoms with Gasteiger partial charge in [-0.05, 0) is 50.2 Å². The Bertz CT molecular complexity index is 1330. The molecule has 12 heteroatoms. The molecule has 3 aliphatic rings. The molecule has 9 nitrogen and oxygen atoms in total. The summed E-state index contributed by atoms with van der Waals surface area (Å²) in [5.41, 5.74) is 6.36. The van der Waals surface area contributed by atoms with Crippen molar-refractivity contribution in [1.29, 1.82) is 0 Å². The Morgan fingerprint density at radius 1 is 1.03 bits per heavy atom. The monoisotopic (exact) mass is 543 g/mol. The van der Waals surface area contributed by atoms with Crippen molar-refractivity contribution in [3.05, 3.63) is 53.4 Å². The van der Waals surface area contributed by atoms with E-state index in [1.54, 1.807) is 12.4 Å². The van der Waals surface area contributed by atoms with Crippen LogP contribution in [0, 0.1) is 23.4 Å². The van der Waals surface area contributed by atoms with E-state index in [1.807, 2.05) is 11.8 Å². The van der Waals surface area contributed by atoms with E-state index in [4.69, 9.17) is 15.0 Å². The summed E-state index contributed by atoms with van der Waals surface area (Å²) in [5.74, 6) is -1.50. The first-order valence-corrected chi connectivity index (χ1v) is 13.4. The Morgan fingerprint density at radius 2 is 1.72 bits per heavy atom. The summed E-state index contributed by atoms with van der Waals surface area (Å²) >= 11 is 0. The standard InChI is InChI=1S/C27H32F3N7O2/c1-15(16-3-7-36(8-4-16)26-34-24(35-39-26)27(2)5-6-27)38-17-11-32-25(33-12-17)37-13-19(23(31)14-37)18-9-21(29)22(30)10-20(18)28/h9-12,15-16,19,23H,3-8,13-14,31H2,1-2H3/t15-,19+,23-/m0/s1. The van der Waals surface area contributed by atoms with Crippen molar-refractivity contribution in [2.75, 3.05) is 36.0 Å². The van der Waals surface area contributed by atoms with E-state index in [0.717, 1.165) is 50.7 Å². The minimum absolute atomic E-state index is 0.0360. The molecule has 2 aromatic heterocycles. The average molecular weight is 544 g/mol. The van der Waals surface area contributed by atoms with Crippen LogP contribution in [0.2, 0.25) is 0 Å². The molecule has 2 aliphatic heterocycles. The number of ether oxygens (including phenoxy) is 1. The van der Waals surface area contributed by atoms with E-state index in [-0.39, 0.29) is 17.1 Å². The summed E-state index contributed by atoms with van der Waals surface area (Å²) in [6.45, 7) is 6.51. The van der Waals surface area contributed by atoms with Gasteiger partial charge in [0.25, 0.3) is 0 Å². The van der Waals surface area contributed by atoms with E-state index in [1.165, 1.54) is 0 Å². The molecule has 0 radical (unpaired) electrons. The van der Waals surface area contributed by atoms with Crippen LogP contribution < -0.4 is 20.3 Å². The molecule has 6 rings (SSSR count). The lowest BCUT2D eigenvalue weighted by Crippen LogP contribution is -2.39. The highest BCUT2D eigenvalue weighted by Gasteiger charge is 2.44. The van der Waals surface area contributed by atoms with Crippen molar-refractivity contribution >= 4 is 12.0 Å². The first-order chi connectivity index (χ1) is 18.7. The maximum Gasteiger partial charge on any atom is 0.324 e. The third kappa shape index (κ3) is 5.13. The van der Waals surface area contributed by atoms with E-state index >= 15 is 0 Å². The Balaban J connectivity index is 1.02.